The Morgan fingerprint density at radius 1 is 1.05 bits per heavy atom. The number of nitro groups is 1. The summed E-state index contributed by atoms with van der Waals surface area (Å²) in [6, 6.07) is 10.3. The number of hydrogen-bond acceptors (Lipinski definition) is 4. The van der Waals surface area contributed by atoms with Crippen molar-refractivity contribution in [3.8, 4) is 0 Å². The van der Waals surface area contributed by atoms with Gasteiger partial charge in [-0.2, -0.15) is 13.2 Å². The molecule has 0 aliphatic heterocycles. The number of non-ortho nitro benzene ring substituents is 1. The fraction of sp³-hybridized carbons (Fsp3) is 0.0714. The van der Waals surface area contributed by atoms with Crippen molar-refractivity contribution in [1.29, 1.82) is 0 Å². The van der Waals surface area contributed by atoms with E-state index in [-0.39, 0.29) is 5.69 Å². The monoisotopic (exact) mass is 343 g/mol. The van der Waals surface area contributed by atoms with E-state index in [1.54, 1.807) is 12.1 Å². The number of hydrogen-bond donors (Lipinski definition) is 0. The highest BCUT2D eigenvalue weighted by atomic mass is 32.2. The van der Waals surface area contributed by atoms with E-state index in [2.05, 4.69) is 0 Å². The van der Waals surface area contributed by atoms with Crippen molar-refractivity contribution in [3.63, 3.8) is 0 Å². The summed E-state index contributed by atoms with van der Waals surface area (Å²) in [5.74, 6) is 0. The summed E-state index contributed by atoms with van der Waals surface area (Å²) in [6.45, 7) is 0. The van der Waals surface area contributed by atoms with Gasteiger partial charge >= 0.3 is 6.18 Å². The number of alkyl halides is 3. The molecule has 0 N–H and O–H groups in total. The molecule has 2 aromatic rings. The molecule has 0 spiro atoms. The van der Waals surface area contributed by atoms with Gasteiger partial charge in [0.25, 0.3) is 5.69 Å². The van der Waals surface area contributed by atoms with Gasteiger partial charge in [0.1, 0.15) is 0 Å². The zero-order valence-electron chi connectivity index (χ0n) is 10.8. The molecule has 0 heterocycles. The van der Waals surface area contributed by atoms with E-state index in [1.807, 2.05) is 0 Å². The topological polar surface area (TPSA) is 43.1 Å². The van der Waals surface area contributed by atoms with E-state index >= 15 is 0 Å². The zero-order valence-corrected chi connectivity index (χ0v) is 12.5. The average molecular weight is 343 g/mol. The van der Waals surface area contributed by atoms with E-state index in [0.29, 0.717) is 14.7 Å². The molecule has 3 nitrogen and oxygen atoms in total. The fourth-order valence-electron chi connectivity index (χ4n) is 1.60. The van der Waals surface area contributed by atoms with Gasteiger partial charge < -0.3 is 0 Å². The Bertz CT molecular complexity index is 698. The van der Waals surface area contributed by atoms with Crippen molar-refractivity contribution in [2.75, 3.05) is 0 Å². The largest absolute Gasteiger partial charge is 0.416 e. The molecular formula is C14H8F3NO2S2. The van der Waals surface area contributed by atoms with Gasteiger partial charge in [0.2, 0.25) is 0 Å². The number of halogens is 3. The van der Waals surface area contributed by atoms with Crippen LogP contribution in [0.1, 0.15) is 11.1 Å². The van der Waals surface area contributed by atoms with Crippen LogP contribution in [-0.4, -0.2) is 9.12 Å². The smallest absolute Gasteiger partial charge is 0.258 e. The van der Waals surface area contributed by atoms with Crippen molar-refractivity contribution >= 4 is 33.9 Å². The number of thiocarbonyl (C=S) groups is 1. The van der Waals surface area contributed by atoms with Crippen LogP contribution in [0.2, 0.25) is 0 Å². The third-order valence-corrected chi connectivity index (χ3v) is 4.12. The number of rotatable bonds is 3. The first-order valence-corrected chi connectivity index (χ1v) is 7.14. The summed E-state index contributed by atoms with van der Waals surface area (Å²) in [5, 5.41) is 10.5. The summed E-state index contributed by atoms with van der Waals surface area (Å²) < 4.78 is 37.8. The molecule has 0 unspecified atom stereocenters. The molecule has 2 rings (SSSR count). The van der Waals surface area contributed by atoms with E-state index in [9.17, 15) is 23.3 Å². The van der Waals surface area contributed by atoms with Crippen molar-refractivity contribution in [2.24, 2.45) is 0 Å². The minimum absolute atomic E-state index is 0.0372. The van der Waals surface area contributed by atoms with Gasteiger partial charge in [0, 0.05) is 17.0 Å². The summed E-state index contributed by atoms with van der Waals surface area (Å²) in [4.78, 5) is 10.7. The summed E-state index contributed by atoms with van der Waals surface area (Å²) >= 11 is 6.33. The molecular weight excluding hydrogens is 335 g/mol. The van der Waals surface area contributed by atoms with Crippen LogP contribution in [0, 0.1) is 10.1 Å². The Morgan fingerprint density at radius 2 is 1.59 bits per heavy atom. The minimum atomic E-state index is -4.38. The third kappa shape index (κ3) is 4.05. The molecule has 0 aliphatic rings. The molecule has 114 valence electrons. The summed E-state index contributed by atoms with van der Waals surface area (Å²) in [5.41, 5.74) is -0.282. The lowest BCUT2D eigenvalue weighted by atomic mass is 10.1. The quantitative estimate of drug-likeness (QED) is 0.337. The van der Waals surface area contributed by atoms with E-state index < -0.39 is 16.7 Å². The van der Waals surface area contributed by atoms with Gasteiger partial charge in [-0.3, -0.25) is 10.1 Å². The van der Waals surface area contributed by atoms with Crippen molar-refractivity contribution in [2.45, 2.75) is 11.1 Å². The maximum Gasteiger partial charge on any atom is 0.416 e. The Balaban J connectivity index is 2.10. The molecule has 0 aromatic heterocycles. The Morgan fingerprint density at radius 3 is 2.05 bits per heavy atom. The lowest BCUT2D eigenvalue weighted by Gasteiger charge is -2.08. The molecule has 0 fully saturated rings. The maximum absolute atomic E-state index is 12.5. The lowest BCUT2D eigenvalue weighted by Crippen LogP contribution is -2.05. The second-order valence-electron chi connectivity index (χ2n) is 4.22. The van der Waals surface area contributed by atoms with Gasteiger partial charge in [-0.1, -0.05) is 36.1 Å². The first-order chi connectivity index (χ1) is 10.3. The van der Waals surface area contributed by atoms with Crippen molar-refractivity contribution in [3.05, 3.63) is 69.8 Å². The van der Waals surface area contributed by atoms with Crippen LogP contribution >= 0.6 is 24.0 Å². The number of benzene rings is 2. The number of thioether (sulfide) groups is 1. The van der Waals surface area contributed by atoms with E-state index in [1.165, 1.54) is 24.3 Å². The van der Waals surface area contributed by atoms with Crippen LogP contribution in [-0.2, 0) is 6.18 Å². The molecule has 22 heavy (non-hydrogen) atoms. The van der Waals surface area contributed by atoms with Crippen LogP contribution in [0.25, 0.3) is 0 Å². The van der Waals surface area contributed by atoms with Crippen LogP contribution in [0.4, 0.5) is 18.9 Å². The Labute approximate surface area is 133 Å². The van der Waals surface area contributed by atoms with Crippen LogP contribution < -0.4 is 0 Å². The highest BCUT2D eigenvalue weighted by molar-refractivity contribution is 8.23. The van der Waals surface area contributed by atoms with E-state index in [4.69, 9.17) is 12.2 Å². The van der Waals surface area contributed by atoms with Gasteiger partial charge in [-0.15, -0.1) is 0 Å². The number of nitro benzene ring substituents is 1. The normalized spacial score (nSPS) is 11.2. The maximum atomic E-state index is 12.5. The zero-order chi connectivity index (χ0) is 16.3. The minimum Gasteiger partial charge on any atom is -0.258 e. The Hall–Kier alpha value is -1.93. The standard InChI is InChI=1S/C14H8F3NO2S2/c15-14(16,17)10-3-1-9(2-4-10)13(21)22-12-7-5-11(6-8-12)18(19)20/h1-8H. The van der Waals surface area contributed by atoms with Gasteiger partial charge in [-0.25, -0.2) is 0 Å². The van der Waals surface area contributed by atoms with Gasteiger partial charge in [0.15, 0.2) is 0 Å². The molecule has 0 aliphatic carbocycles. The van der Waals surface area contributed by atoms with Crippen LogP contribution in [0.5, 0.6) is 0 Å². The van der Waals surface area contributed by atoms with Gasteiger partial charge in [-0.05, 0) is 29.8 Å². The second-order valence-corrected chi connectivity index (χ2v) is 5.97. The lowest BCUT2D eigenvalue weighted by molar-refractivity contribution is -0.384. The van der Waals surface area contributed by atoms with Crippen LogP contribution in [0.3, 0.4) is 0 Å². The average Bonchev–Trinajstić information content (AvgIpc) is 2.47. The highest BCUT2D eigenvalue weighted by Gasteiger charge is 2.30. The SMILES string of the molecule is O=[N+]([O-])c1ccc(SC(=S)c2ccc(C(F)(F)F)cc2)cc1. The summed E-state index contributed by atoms with van der Waals surface area (Å²) in [6.07, 6.45) is -4.38. The first-order valence-electron chi connectivity index (χ1n) is 5.91. The van der Waals surface area contributed by atoms with Gasteiger partial charge in [0.05, 0.1) is 14.7 Å². The molecule has 8 heteroatoms. The fourth-order valence-corrected chi connectivity index (χ4v) is 2.76. The molecule has 0 amide bonds. The molecule has 0 atom stereocenters. The number of nitrogens with zero attached hydrogens (tertiary/aromatic N) is 1. The molecule has 0 radical (unpaired) electrons. The molecule has 0 saturated carbocycles. The predicted molar refractivity (Wildman–Crippen MR) is 82.1 cm³/mol. The predicted octanol–water partition coefficient (Wildman–Crippen LogP) is 5.08. The molecule has 2 aromatic carbocycles. The van der Waals surface area contributed by atoms with Crippen molar-refractivity contribution < 1.29 is 18.1 Å². The highest BCUT2D eigenvalue weighted by Crippen LogP contribution is 2.31. The van der Waals surface area contributed by atoms with E-state index in [0.717, 1.165) is 23.9 Å². The van der Waals surface area contributed by atoms with Crippen LogP contribution in [0.15, 0.2) is 53.4 Å². The first kappa shape index (κ1) is 16.4. The third-order valence-electron chi connectivity index (χ3n) is 2.71. The molecule has 0 bridgehead atoms. The summed E-state index contributed by atoms with van der Waals surface area (Å²) in [7, 11) is 0. The second kappa shape index (κ2) is 6.45. The molecule has 0 saturated heterocycles. The van der Waals surface area contributed by atoms with Crippen molar-refractivity contribution in [1.82, 2.24) is 0 Å². The Kier molecular flexibility index (Phi) is 4.82.